The van der Waals surface area contributed by atoms with E-state index in [1.165, 1.54) is 0 Å². The topological polar surface area (TPSA) is 38.1 Å². The van der Waals surface area contributed by atoms with Crippen LogP contribution < -0.4 is 5.32 Å². The largest absolute Gasteiger partial charge is 0.356 e. The third-order valence-corrected chi connectivity index (χ3v) is 2.38. The maximum absolute atomic E-state index is 5.99. The van der Waals surface area contributed by atoms with Gasteiger partial charge in [-0.15, -0.1) is 0 Å². The Morgan fingerprint density at radius 3 is 3.00 bits per heavy atom. The summed E-state index contributed by atoms with van der Waals surface area (Å²) in [6.45, 7) is 2.64. The Balaban J connectivity index is 2.68. The van der Waals surface area contributed by atoms with E-state index in [2.05, 4.69) is 10.5 Å². The summed E-state index contributed by atoms with van der Waals surface area (Å²) in [5.41, 5.74) is 2.73. The van der Waals surface area contributed by atoms with Crippen molar-refractivity contribution in [2.75, 3.05) is 7.05 Å². The summed E-state index contributed by atoms with van der Waals surface area (Å²) in [6, 6.07) is 3.77. The highest BCUT2D eigenvalue weighted by atomic mass is 35.5. The molecule has 1 N–H and O–H groups in total. The summed E-state index contributed by atoms with van der Waals surface area (Å²) in [7, 11) is 1.88. The van der Waals surface area contributed by atoms with E-state index in [4.69, 9.17) is 16.1 Å². The van der Waals surface area contributed by atoms with E-state index in [0.717, 1.165) is 28.8 Å². The van der Waals surface area contributed by atoms with Crippen LogP contribution in [0.1, 0.15) is 11.3 Å². The number of aryl methyl sites for hydroxylation is 1. The predicted octanol–water partition coefficient (Wildman–Crippen LogP) is 2.51. The Kier molecular flexibility index (Phi) is 2.44. The van der Waals surface area contributed by atoms with Gasteiger partial charge in [-0.05, 0) is 26.1 Å². The predicted molar refractivity (Wildman–Crippen MR) is 56.5 cm³/mol. The first kappa shape index (κ1) is 9.49. The number of rotatable bonds is 2. The lowest BCUT2D eigenvalue weighted by Crippen LogP contribution is -2.05. The van der Waals surface area contributed by atoms with Crippen molar-refractivity contribution in [1.29, 1.82) is 0 Å². The molecule has 0 aliphatic carbocycles. The van der Waals surface area contributed by atoms with E-state index in [9.17, 15) is 0 Å². The van der Waals surface area contributed by atoms with Crippen molar-refractivity contribution >= 4 is 22.6 Å². The Morgan fingerprint density at radius 1 is 1.50 bits per heavy atom. The Morgan fingerprint density at radius 2 is 2.29 bits per heavy atom. The number of aromatic nitrogens is 1. The van der Waals surface area contributed by atoms with Crippen molar-refractivity contribution in [3.63, 3.8) is 0 Å². The Hall–Kier alpha value is -1.06. The number of nitrogens with zero attached hydrogens (tertiary/aromatic N) is 1. The molecule has 74 valence electrons. The van der Waals surface area contributed by atoms with E-state index in [0.29, 0.717) is 5.02 Å². The van der Waals surface area contributed by atoms with Crippen molar-refractivity contribution in [2.45, 2.75) is 13.5 Å². The molecule has 4 heteroatoms. The van der Waals surface area contributed by atoms with Crippen molar-refractivity contribution in [1.82, 2.24) is 10.5 Å². The standard InChI is InChI=1S/C10H11ClN2O/c1-6-9-4-8(11)3-7(5-12-2)10(9)14-13-6/h3-4,12H,5H2,1-2H3. The van der Waals surface area contributed by atoms with Crippen LogP contribution in [0.5, 0.6) is 0 Å². The van der Waals surface area contributed by atoms with Gasteiger partial charge in [0.1, 0.15) is 0 Å². The van der Waals surface area contributed by atoms with E-state index in [1.54, 1.807) is 0 Å². The number of halogens is 1. The second kappa shape index (κ2) is 3.59. The van der Waals surface area contributed by atoms with Crippen LogP contribution in [0, 0.1) is 6.92 Å². The molecule has 0 amide bonds. The minimum atomic E-state index is 0.717. The van der Waals surface area contributed by atoms with Crippen molar-refractivity contribution in [3.8, 4) is 0 Å². The Labute approximate surface area is 87.0 Å². The molecule has 14 heavy (non-hydrogen) atoms. The van der Waals surface area contributed by atoms with Gasteiger partial charge < -0.3 is 9.84 Å². The Bertz CT molecular complexity index is 464. The highest BCUT2D eigenvalue weighted by Crippen LogP contribution is 2.26. The van der Waals surface area contributed by atoms with Crippen LogP contribution in [-0.2, 0) is 6.54 Å². The van der Waals surface area contributed by atoms with Gasteiger partial charge in [0.25, 0.3) is 0 Å². The SMILES string of the molecule is CNCc1cc(Cl)cc2c(C)noc12. The molecule has 1 aromatic carbocycles. The highest BCUT2D eigenvalue weighted by molar-refractivity contribution is 6.31. The summed E-state index contributed by atoms with van der Waals surface area (Å²) in [4.78, 5) is 0. The molecule has 3 nitrogen and oxygen atoms in total. The van der Waals surface area contributed by atoms with Gasteiger partial charge in [-0.3, -0.25) is 0 Å². The number of fused-ring (bicyclic) bond motifs is 1. The second-order valence-corrected chi connectivity index (χ2v) is 3.68. The molecular formula is C10H11ClN2O. The fourth-order valence-corrected chi connectivity index (χ4v) is 1.75. The molecule has 0 unspecified atom stereocenters. The van der Waals surface area contributed by atoms with Gasteiger partial charge >= 0.3 is 0 Å². The smallest absolute Gasteiger partial charge is 0.171 e. The third-order valence-electron chi connectivity index (χ3n) is 2.16. The van der Waals surface area contributed by atoms with Gasteiger partial charge in [0.05, 0.1) is 5.69 Å². The molecule has 0 aliphatic rings. The molecule has 0 bridgehead atoms. The molecule has 2 rings (SSSR count). The quantitative estimate of drug-likeness (QED) is 0.828. The van der Waals surface area contributed by atoms with Gasteiger partial charge in [0.15, 0.2) is 5.58 Å². The normalized spacial score (nSPS) is 11.1. The van der Waals surface area contributed by atoms with Crippen LogP contribution in [0.4, 0.5) is 0 Å². The molecule has 0 saturated heterocycles. The van der Waals surface area contributed by atoms with E-state index >= 15 is 0 Å². The molecule has 1 heterocycles. The van der Waals surface area contributed by atoms with Crippen molar-refractivity contribution < 1.29 is 4.52 Å². The molecule has 1 aromatic heterocycles. The first-order chi connectivity index (χ1) is 6.72. The number of hydrogen-bond donors (Lipinski definition) is 1. The molecule has 0 radical (unpaired) electrons. The first-order valence-electron chi connectivity index (χ1n) is 4.41. The van der Waals surface area contributed by atoms with Gasteiger partial charge in [-0.1, -0.05) is 16.8 Å². The van der Waals surface area contributed by atoms with Gasteiger partial charge in [0, 0.05) is 22.5 Å². The zero-order chi connectivity index (χ0) is 10.1. The summed E-state index contributed by atoms with van der Waals surface area (Å²) in [6.07, 6.45) is 0. The molecular weight excluding hydrogens is 200 g/mol. The summed E-state index contributed by atoms with van der Waals surface area (Å²) in [5, 5.41) is 8.69. The zero-order valence-electron chi connectivity index (χ0n) is 8.10. The van der Waals surface area contributed by atoms with Crippen LogP contribution in [0.2, 0.25) is 5.02 Å². The monoisotopic (exact) mass is 210 g/mol. The molecule has 0 atom stereocenters. The van der Waals surface area contributed by atoms with E-state index < -0.39 is 0 Å². The average molecular weight is 211 g/mol. The first-order valence-corrected chi connectivity index (χ1v) is 4.79. The fourth-order valence-electron chi connectivity index (χ4n) is 1.51. The van der Waals surface area contributed by atoms with Gasteiger partial charge in [-0.2, -0.15) is 0 Å². The lowest BCUT2D eigenvalue weighted by Gasteiger charge is -2.01. The van der Waals surface area contributed by atoms with Crippen LogP contribution in [0.25, 0.3) is 11.0 Å². The highest BCUT2D eigenvalue weighted by Gasteiger charge is 2.09. The number of hydrogen-bond acceptors (Lipinski definition) is 3. The summed E-state index contributed by atoms with van der Waals surface area (Å²) < 4.78 is 5.24. The van der Waals surface area contributed by atoms with Crippen molar-refractivity contribution in [2.24, 2.45) is 0 Å². The van der Waals surface area contributed by atoms with Gasteiger partial charge in [-0.25, -0.2) is 0 Å². The van der Waals surface area contributed by atoms with Gasteiger partial charge in [0.2, 0.25) is 0 Å². The zero-order valence-corrected chi connectivity index (χ0v) is 8.85. The number of nitrogens with one attached hydrogen (secondary N) is 1. The molecule has 0 spiro atoms. The van der Waals surface area contributed by atoms with E-state index in [-0.39, 0.29) is 0 Å². The van der Waals surface area contributed by atoms with Crippen LogP contribution in [0.15, 0.2) is 16.7 Å². The lowest BCUT2D eigenvalue weighted by molar-refractivity contribution is 0.447. The molecule has 0 fully saturated rings. The van der Waals surface area contributed by atoms with Crippen LogP contribution >= 0.6 is 11.6 Å². The van der Waals surface area contributed by atoms with Crippen molar-refractivity contribution in [3.05, 3.63) is 28.4 Å². The molecule has 0 saturated carbocycles. The van der Waals surface area contributed by atoms with Crippen LogP contribution in [0.3, 0.4) is 0 Å². The molecule has 2 aromatic rings. The van der Waals surface area contributed by atoms with Crippen LogP contribution in [-0.4, -0.2) is 12.2 Å². The van der Waals surface area contributed by atoms with E-state index in [1.807, 2.05) is 26.1 Å². The maximum Gasteiger partial charge on any atom is 0.171 e. The average Bonchev–Trinajstić information content (AvgIpc) is 2.49. The third kappa shape index (κ3) is 1.49. The second-order valence-electron chi connectivity index (χ2n) is 3.24. The maximum atomic E-state index is 5.99. The fraction of sp³-hybridized carbons (Fsp3) is 0.300. The minimum Gasteiger partial charge on any atom is -0.356 e. The minimum absolute atomic E-state index is 0.717. The summed E-state index contributed by atoms with van der Waals surface area (Å²) in [5.74, 6) is 0. The number of benzene rings is 1. The molecule has 0 aliphatic heterocycles. The summed E-state index contributed by atoms with van der Waals surface area (Å²) >= 11 is 5.99. The lowest BCUT2D eigenvalue weighted by atomic mass is 10.1.